The van der Waals surface area contributed by atoms with Crippen LogP contribution in [-0.2, 0) is 28.6 Å². The number of carbonyl (C=O) groups is 3. The predicted octanol–water partition coefficient (Wildman–Crippen LogP) is 12.6. The van der Waals surface area contributed by atoms with Crippen LogP contribution in [0.5, 0.6) is 0 Å². The fourth-order valence-electron chi connectivity index (χ4n) is 6.11. The topological polar surface area (TPSA) is 102 Å². The van der Waals surface area contributed by atoms with E-state index in [4.69, 9.17) is 14.2 Å². The average molecular weight is 886 g/mol. The summed E-state index contributed by atoms with van der Waals surface area (Å²) < 4.78 is 17.1. The number of nitrogens with zero attached hydrogens (tertiary/aromatic N) is 1. The minimum atomic E-state index is -1.14. The molecule has 0 aliphatic heterocycles. The third-order valence-corrected chi connectivity index (χ3v) is 9.78. The van der Waals surface area contributed by atoms with Crippen LogP contribution in [0.25, 0.3) is 0 Å². The molecule has 0 aromatic rings. The Bertz CT molecular complexity index is 1500. The molecular weight excluding hydrogens is 799 g/mol. The van der Waals surface area contributed by atoms with Crippen molar-refractivity contribution in [1.29, 1.82) is 0 Å². The Morgan fingerprint density at radius 1 is 0.469 bits per heavy atom. The fourth-order valence-corrected chi connectivity index (χ4v) is 6.11. The average Bonchev–Trinajstić information content (AvgIpc) is 3.26. The molecule has 2 atom stereocenters. The summed E-state index contributed by atoms with van der Waals surface area (Å²) in [6.45, 7) is 4.32. The number of carboxylic acid groups (broad SMARTS) is 1. The summed E-state index contributed by atoms with van der Waals surface area (Å²) in [6, 6.07) is -0.750. The third kappa shape index (κ3) is 42.8. The number of esters is 2. The van der Waals surface area contributed by atoms with E-state index in [1.54, 1.807) is 21.1 Å². The first kappa shape index (κ1) is 59.5. The van der Waals surface area contributed by atoms with Crippen molar-refractivity contribution < 1.29 is 38.2 Å². The summed E-state index contributed by atoms with van der Waals surface area (Å²) in [5, 5.41) is 11.7. The van der Waals surface area contributed by atoms with E-state index in [0.717, 1.165) is 109 Å². The Labute approximate surface area is 390 Å². The number of allylic oxidation sites excluding steroid dienone is 22. The molecule has 8 heteroatoms. The zero-order chi connectivity index (χ0) is 47.0. The molecular formula is C56H87NO7. The zero-order valence-corrected chi connectivity index (χ0v) is 40.6. The van der Waals surface area contributed by atoms with Gasteiger partial charge in [0.15, 0.2) is 6.10 Å². The molecule has 0 aliphatic carbocycles. The van der Waals surface area contributed by atoms with E-state index in [-0.39, 0.29) is 49.1 Å². The van der Waals surface area contributed by atoms with Crippen LogP contribution in [0.2, 0.25) is 0 Å². The molecule has 0 aromatic heterocycles. The summed E-state index contributed by atoms with van der Waals surface area (Å²) >= 11 is 0. The van der Waals surface area contributed by atoms with Gasteiger partial charge in [0.05, 0.1) is 40.3 Å². The molecule has 2 unspecified atom stereocenters. The molecule has 0 saturated heterocycles. The summed E-state index contributed by atoms with van der Waals surface area (Å²) in [4.78, 5) is 37.0. The minimum Gasteiger partial charge on any atom is -0.544 e. The molecule has 0 saturated carbocycles. The standard InChI is InChI=1S/C56H87NO7/c1-6-8-10-12-14-16-18-20-22-24-25-26-27-28-29-31-32-34-36-38-40-42-44-46-54(58)63-51-52(50-62-49-48-53(56(60)61)57(3,4)5)64-55(59)47-45-43-41-39-37-35-33-30-23-21-19-17-15-13-11-9-7-2/h8-11,14-17,20-23,25-26,28-29,32-35,39,41,52-53H,6-7,12-13,18-19,24,27,30-31,36-38,40,42-51H2,1-5H3/b10-8+,11-9+,16-14+,17-15+,22-20+,23-21+,26-25+,29-28+,34-32+,35-33+,41-39+. The monoisotopic (exact) mass is 886 g/mol. The van der Waals surface area contributed by atoms with E-state index in [2.05, 4.69) is 148 Å². The highest BCUT2D eigenvalue weighted by Crippen LogP contribution is 2.11. The summed E-state index contributed by atoms with van der Waals surface area (Å²) in [5.41, 5.74) is 0. The summed E-state index contributed by atoms with van der Waals surface area (Å²) in [6.07, 6.45) is 64.9. The van der Waals surface area contributed by atoms with Gasteiger partial charge in [0, 0.05) is 19.3 Å². The van der Waals surface area contributed by atoms with Gasteiger partial charge in [-0.25, -0.2) is 0 Å². The number of quaternary nitrogens is 1. The van der Waals surface area contributed by atoms with Crippen molar-refractivity contribution in [2.24, 2.45) is 0 Å². The smallest absolute Gasteiger partial charge is 0.306 e. The van der Waals surface area contributed by atoms with E-state index in [1.807, 2.05) is 0 Å². The minimum absolute atomic E-state index is 0.000695. The van der Waals surface area contributed by atoms with Crippen LogP contribution in [-0.4, -0.2) is 75.5 Å². The van der Waals surface area contributed by atoms with Gasteiger partial charge < -0.3 is 28.6 Å². The molecule has 0 aliphatic rings. The van der Waals surface area contributed by atoms with Gasteiger partial charge in [-0.1, -0.05) is 160 Å². The SMILES string of the molecule is CC/C=C/C/C=C/C/C=C/C/C=C/C/C=C/C/C=C/CCCCCCC(=O)OCC(COCCC(C(=O)[O-])[N+](C)(C)C)OC(=O)CCC/C=C/C/C=C/C/C=C/C/C=C/C/C=C/CC. The van der Waals surface area contributed by atoms with Gasteiger partial charge in [0.2, 0.25) is 0 Å². The van der Waals surface area contributed by atoms with E-state index < -0.39 is 18.1 Å². The lowest BCUT2D eigenvalue weighted by Crippen LogP contribution is -2.55. The third-order valence-electron chi connectivity index (χ3n) is 9.78. The number of carboxylic acids is 1. The Kier molecular flexibility index (Phi) is 41.9. The predicted molar refractivity (Wildman–Crippen MR) is 267 cm³/mol. The molecule has 0 spiro atoms. The van der Waals surface area contributed by atoms with Crippen LogP contribution in [0, 0.1) is 0 Å². The van der Waals surface area contributed by atoms with Gasteiger partial charge in [-0.2, -0.15) is 0 Å². The van der Waals surface area contributed by atoms with E-state index >= 15 is 0 Å². The second-order valence-electron chi connectivity index (χ2n) is 16.6. The Morgan fingerprint density at radius 3 is 1.25 bits per heavy atom. The lowest BCUT2D eigenvalue weighted by Gasteiger charge is -2.34. The second-order valence-corrected chi connectivity index (χ2v) is 16.6. The van der Waals surface area contributed by atoms with Crippen LogP contribution in [0.15, 0.2) is 134 Å². The van der Waals surface area contributed by atoms with Crippen molar-refractivity contribution in [2.45, 2.75) is 161 Å². The van der Waals surface area contributed by atoms with Gasteiger partial charge in [-0.15, -0.1) is 0 Å². The molecule has 0 bridgehead atoms. The highest BCUT2D eigenvalue weighted by atomic mass is 16.6. The quantitative estimate of drug-likeness (QED) is 0.0261. The first-order valence-electron chi connectivity index (χ1n) is 24.2. The van der Waals surface area contributed by atoms with Crippen LogP contribution in [0.4, 0.5) is 0 Å². The lowest BCUT2D eigenvalue weighted by atomic mass is 10.1. The maximum atomic E-state index is 12.7. The van der Waals surface area contributed by atoms with Crippen molar-refractivity contribution >= 4 is 17.9 Å². The number of rotatable bonds is 41. The van der Waals surface area contributed by atoms with Crippen LogP contribution in [0.1, 0.15) is 149 Å². The van der Waals surface area contributed by atoms with Crippen LogP contribution < -0.4 is 5.11 Å². The summed E-state index contributed by atoms with van der Waals surface area (Å²) in [5.74, 6) is -1.87. The van der Waals surface area contributed by atoms with E-state index in [1.165, 1.54) is 0 Å². The number of unbranched alkanes of at least 4 members (excludes halogenated alkanes) is 5. The molecule has 0 fully saturated rings. The molecule has 0 heterocycles. The molecule has 8 nitrogen and oxygen atoms in total. The van der Waals surface area contributed by atoms with Crippen LogP contribution >= 0.6 is 0 Å². The van der Waals surface area contributed by atoms with Gasteiger partial charge >= 0.3 is 11.9 Å². The van der Waals surface area contributed by atoms with Crippen molar-refractivity contribution in [2.75, 3.05) is 41.0 Å². The molecule has 64 heavy (non-hydrogen) atoms. The van der Waals surface area contributed by atoms with Crippen molar-refractivity contribution in [3.05, 3.63) is 134 Å². The number of hydrogen-bond acceptors (Lipinski definition) is 7. The number of ether oxygens (including phenoxy) is 3. The van der Waals surface area contributed by atoms with E-state index in [0.29, 0.717) is 12.8 Å². The molecule has 0 amide bonds. The number of carbonyl (C=O) groups excluding carboxylic acids is 3. The Morgan fingerprint density at radius 2 is 0.844 bits per heavy atom. The molecule has 0 aromatic carbocycles. The number of aliphatic carboxylic acids is 1. The zero-order valence-electron chi connectivity index (χ0n) is 40.6. The highest BCUT2D eigenvalue weighted by Gasteiger charge is 2.25. The first-order valence-corrected chi connectivity index (χ1v) is 24.2. The van der Waals surface area contributed by atoms with Gasteiger partial charge in [0.25, 0.3) is 0 Å². The first-order chi connectivity index (χ1) is 31.1. The van der Waals surface area contributed by atoms with Gasteiger partial charge in [-0.05, 0) is 103 Å². The fraction of sp³-hybridized carbons (Fsp3) is 0.554. The normalized spacial score (nSPS) is 14.1. The lowest BCUT2D eigenvalue weighted by molar-refractivity contribution is -0.889. The maximum absolute atomic E-state index is 12.7. The highest BCUT2D eigenvalue weighted by molar-refractivity contribution is 5.70. The van der Waals surface area contributed by atoms with Crippen molar-refractivity contribution in [3.63, 3.8) is 0 Å². The Balaban J connectivity index is 4.45. The number of likely N-dealkylation sites (N-methyl/N-ethyl adjacent to an activating group) is 1. The molecule has 0 N–H and O–H groups in total. The van der Waals surface area contributed by atoms with Crippen molar-refractivity contribution in [3.8, 4) is 0 Å². The van der Waals surface area contributed by atoms with Crippen LogP contribution in [0.3, 0.4) is 0 Å². The molecule has 0 rings (SSSR count). The maximum Gasteiger partial charge on any atom is 0.306 e. The molecule has 0 radical (unpaired) electrons. The van der Waals surface area contributed by atoms with Crippen molar-refractivity contribution in [1.82, 2.24) is 0 Å². The van der Waals surface area contributed by atoms with Gasteiger partial charge in [0.1, 0.15) is 12.6 Å². The van der Waals surface area contributed by atoms with Gasteiger partial charge in [-0.3, -0.25) is 9.59 Å². The number of hydrogen-bond donors (Lipinski definition) is 0. The van der Waals surface area contributed by atoms with E-state index in [9.17, 15) is 19.5 Å². The second kappa shape index (κ2) is 45.1. The summed E-state index contributed by atoms with van der Waals surface area (Å²) in [7, 11) is 5.37. The Hall–Kier alpha value is -4.53. The molecule has 358 valence electrons. The largest absolute Gasteiger partial charge is 0.544 e.